The van der Waals surface area contributed by atoms with Gasteiger partial charge in [0.15, 0.2) is 0 Å². The lowest BCUT2D eigenvalue weighted by molar-refractivity contribution is -0.152. The molecule has 0 aromatic carbocycles. The van der Waals surface area contributed by atoms with Crippen LogP contribution in [0.2, 0.25) is 0 Å². The number of unbranched alkanes of at least 4 members (excludes halogenated alkanes) is 2. The average Bonchev–Trinajstić information content (AvgIpc) is 3.01. The molecule has 1 saturated carbocycles. The van der Waals surface area contributed by atoms with Crippen molar-refractivity contribution in [2.75, 3.05) is 6.61 Å². The lowest BCUT2D eigenvalue weighted by Crippen LogP contribution is -2.39. The van der Waals surface area contributed by atoms with Gasteiger partial charge in [0.05, 0.1) is 18.1 Å². The van der Waals surface area contributed by atoms with E-state index in [1.165, 1.54) is 0 Å². The summed E-state index contributed by atoms with van der Waals surface area (Å²) in [4.78, 5) is 24.4. The van der Waals surface area contributed by atoms with E-state index in [-0.39, 0.29) is 18.8 Å². The Morgan fingerprint density at radius 1 is 1.36 bits per heavy atom. The predicted octanol–water partition coefficient (Wildman–Crippen LogP) is 3.25. The average molecular weight is 352 g/mol. The predicted molar refractivity (Wildman–Crippen MR) is 97.2 cm³/mol. The van der Waals surface area contributed by atoms with Crippen LogP contribution in [0.25, 0.3) is 0 Å². The molecule has 0 saturated heterocycles. The largest absolute Gasteiger partial charge is 0.481 e. The molecule has 5 heteroatoms. The number of aliphatic hydroxyl groups excluding tert-OH is 2. The third-order valence-electron chi connectivity index (χ3n) is 5.04. The Hall–Kier alpha value is -1.46. The highest BCUT2D eigenvalue weighted by atomic mass is 16.4. The van der Waals surface area contributed by atoms with E-state index in [0.29, 0.717) is 25.7 Å². The van der Waals surface area contributed by atoms with Crippen LogP contribution in [0.3, 0.4) is 0 Å². The van der Waals surface area contributed by atoms with Crippen molar-refractivity contribution in [3.8, 4) is 0 Å². The summed E-state index contributed by atoms with van der Waals surface area (Å²) in [6, 6.07) is 0. The highest BCUT2D eigenvalue weighted by Gasteiger charge is 2.48. The van der Waals surface area contributed by atoms with E-state index in [9.17, 15) is 19.8 Å². The van der Waals surface area contributed by atoms with Crippen LogP contribution in [-0.2, 0) is 9.59 Å². The molecule has 0 bridgehead atoms. The molecule has 0 aromatic heterocycles. The summed E-state index contributed by atoms with van der Waals surface area (Å²) in [5.74, 6) is -1.55. The number of allylic oxidation sites excluding steroid dienone is 1. The summed E-state index contributed by atoms with van der Waals surface area (Å²) in [6.07, 6.45) is 11.8. The van der Waals surface area contributed by atoms with Gasteiger partial charge in [-0.25, -0.2) is 0 Å². The summed E-state index contributed by atoms with van der Waals surface area (Å²) in [5.41, 5.74) is -1.28. The molecule has 0 aromatic rings. The Kier molecular flexibility index (Phi) is 9.68. The zero-order chi connectivity index (χ0) is 18.7. The van der Waals surface area contributed by atoms with E-state index in [1.807, 2.05) is 0 Å². The second-order valence-electron chi connectivity index (χ2n) is 6.87. The van der Waals surface area contributed by atoms with Crippen LogP contribution in [0, 0.1) is 11.3 Å². The molecule has 1 fully saturated rings. The number of Topliss-reactive ketones (excluding diaryl/α,β-unsaturated/α-hetero) is 1. The molecule has 1 aliphatic carbocycles. The first-order chi connectivity index (χ1) is 12.0. The summed E-state index contributed by atoms with van der Waals surface area (Å²) >= 11 is 0. The Morgan fingerprint density at radius 3 is 2.68 bits per heavy atom. The van der Waals surface area contributed by atoms with E-state index in [4.69, 9.17) is 5.11 Å². The fraction of sp³-hybridized carbons (Fsp3) is 0.700. The quantitative estimate of drug-likeness (QED) is 0.370. The Balaban J connectivity index is 2.96. The van der Waals surface area contributed by atoms with Gasteiger partial charge in [-0.05, 0) is 32.1 Å². The molecule has 0 spiro atoms. The van der Waals surface area contributed by atoms with Crippen LogP contribution >= 0.6 is 0 Å². The number of hydrogen-bond donors (Lipinski definition) is 3. The van der Waals surface area contributed by atoms with Crippen molar-refractivity contribution >= 4 is 11.8 Å². The molecule has 0 amide bonds. The van der Waals surface area contributed by atoms with Crippen molar-refractivity contribution in [1.29, 1.82) is 0 Å². The maximum atomic E-state index is 12.3. The van der Waals surface area contributed by atoms with Crippen molar-refractivity contribution in [2.24, 2.45) is 11.3 Å². The standard InChI is InChI=1S/C20H32O5/c1-2-3-5-9-16(22)12-14-20(19(24)25,13-6-4-7-15-21)17-10-8-11-18(17)23/h4,7,12,14,16-17,21-22H,2-3,5-6,8-11,13,15H2,1H3,(H,24,25)/t16-,17-,20+/m0/s1. The highest BCUT2D eigenvalue weighted by molar-refractivity contribution is 5.91. The van der Waals surface area contributed by atoms with Gasteiger partial charge >= 0.3 is 5.97 Å². The SMILES string of the molecule is CCCCC[C@H](O)C=C[C@@](CCC=CCO)(C(=O)O)[C@H]1CCCC1=O. The maximum Gasteiger partial charge on any atom is 0.314 e. The van der Waals surface area contributed by atoms with Crippen LogP contribution in [0.15, 0.2) is 24.3 Å². The molecule has 142 valence electrons. The molecule has 5 nitrogen and oxygen atoms in total. The van der Waals surface area contributed by atoms with E-state index in [0.717, 1.165) is 25.7 Å². The first kappa shape index (κ1) is 21.6. The lowest BCUT2D eigenvalue weighted by Gasteiger charge is -2.31. The van der Waals surface area contributed by atoms with Gasteiger partial charge < -0.3 is 15.3 Å². The first-order valence-electron chi connectivity index (χ1n) is 9.37. The van der Waals surface area contributed by atoms with Gasteiger partial charge in [0.25, 0.3) is 0 Å². The monoisotopic (exact) mass is 352 g/mol. The van der Waals surface area contributed by atoms with Crippen molar-refractivity contribution in [3.63, 3.8) is 0 Å². The van der Waals surface area contributed by atoms with Crippen LogP contribution in [0.5, 0.6) is 0 Å². The zero-order valence-corrected chi connectivity index (χ0v) is 15.2. The molecular formula is C20H32O5. The van der Waals surface area contributed by atoms with Gasteiger partial charge in [-0.2, -0.15) is 0 Å². The number of ketones is 1. The minimum Gasteiger partial charge on any atom is -0.481 e. The van der Waals surface area contributed by atoms with Crippen LogP contribution in [0.4, 0.5) is 0 Å². The zero-order valence-electron chi connectivity index (χ0n) is 15.2. The van der Waals surface area contributed by atoms with Crippen LogP contribution < -0.4 is 0 Å². The molecule has 0 heterocycles. The molecule has 1 aliphatic rings. The van der Waals surface area contributed by atoms with Gasteiger partial charge in [0.2, 0.25) is 0 Å². The Morgan fingerprint density at radius 2 is 2.12 bits per heavy atom. The summed E-state index contributed by atoms with van der Waals surface area (Å²) in [6.45, 7) is 2.00. The van der Waals surface area contributed by atoms with Crippen molar-refractivity contribution < 1.29 is 24.9 Å². The number of carboxylic acid groups (broad SMARTS) is 1. The molecule has 3 N–H and O–H groups in total. The van der Waals surface area contributed by atoms with Crippen LogP contribution in [-0.4, -0.2) is 39.8 Å². The number of carbonyl (C=O) groups excluding carboxylic acids is 1. The van der Waals surface area contributed by atoms with Gasteiger partial charge in [-0.3, -0.25) is 9.59 Å². The van der Waals surface area contributed by atoms with Crippen molar-refractivity contribution in [3.05, 3.63) is 24.3 Å². The Bertz CT molecular complexity index is 482. The van der Waals surface area contributed by atoms with Crippen molar-refractivity contribution in [2.45, 2.75) is 70.8 Å². The van der Waals surface area contributed by atoms with Gasteiger partial charge in [-0.1, -0.05) is 50.5 Å². The fourth-order valence-electron chi connectivity index (χ4n) is 3.56. The molecular weight excluding hydrogens is 320 g/mol. The maximum absolute atomic E-state index is 12.3. The fourth-order valence-corrected chi connectivity index (χ4v) is 3.56. The minimum atomic E-state index is -1.28. The minimum absolute atomic E-state index is 0.00124. The smallest absolute Gasteiger partial charge is 0.314 e. The normalized spacial score (nSPS) is 21.9. The number of rotatable bonds is 12. The molecule has 25 heavy (non-hydrogen) atoms. The van der Waals surface area contributed by atoms with Gasteiger partial charge in [-0.15, -0.1) is 0 Å². The highest BCUT2D eigenvalue weighted by Crippen LogP contribution is 2.43. The first-order valence-corrected chi connectivity index (χ1v) is 9.37. The Labute approximate surface area is 150 Å². The molecule has 0 radical (unpaired) electrons. The molecule has 0 aliphatic heterocycles. The van der Waals surface area contributed by atoms with Gasteiger partial charge in [0.1, 0.15) is 5.78 Å². The number of hydrogen-bond acceptors (Lipinski definition) is 4. The second-order valence-corrected chi connectivity index (χ2v) is 6.87. The second kappa shape index (κ2) is 11.2. The number of carbonyl (C=O) groups is 2. The van der Waals surface area contributed by atoms with Gasteiger partial charge in [0, 0.05) is 12.3 Å². The summed E-state index contributed by atoms with van der Waals surface area (Å²) in [7, 11) is 0. The molecule has 1 rings (SSSR count). The molecule has 3 atom stereocenters. The number of aliphatic hydroxyl groups is 2. The number of carboxylic acids is 1. The number of aliphatic carboxylic acids is 1. The summed E-state index contributed by atoms with van der Waals surface area (Å²) < 4.78 is 0. The topological polar surface area (TPSA) is 94.8 Å². The lowest BCUT2D eigenvalue weighted by atomic mass is 9.70. The summed E-state index contributed by atoms with van der Waals surface area (Å²) in [5, 5.41) is 28.9. The molecule has 0 unspecified atom stereocenters. The van der Waals surface area contributed by atoms with E-state index in [2.05, 4.69) is 6.92 Å². The van der Waals surface area contributed by atoms with Crippen LogP contribution in [0.1, 0.15) is 64.7 Å². The van der Waals surface area contributed by atoms with Crippen molar-refractivity contribution in [1.82, 2.24) is 0 Å². The third kappa shape index (κ3) is 6.40. The van der Waals surface area contributed by atoms with E-state index < -0.39 is 23.4 Å². The third-order valence-corrected chi connectivity index (χ3v) is 5.04. The van der Waals surface area contributed by atoms with E-state index >= 15 is 0 Å². The van der Waals surface area contributed by atoms with E-state index in [1.54, 1.807) is 24.3 Å².